The smallest absolute Gasteiger partial charge is 0.0269 e. The number of hydrogen-bond donors (Lipinski definition) is 0. The normalized spacial score (nSPS) is 38.8. The summed E-state index contributed by atoms with van der Waals surface area (Å²) in [7, 11) is 0. The summed E-state index contributed by atoms with van der Waals surface area (Å²) in [6.45, 7) is 24.9. The fourth-order valence-electron chi connectivity index (χ4n) is 6.52. The van der Waals surface area contributed by atoms with E-state index in [0.29, 0.717) is 5.41 Å². The molecule has 10 atom stereocenters. The van der Waals surface area contributed by atoms with Crippen molar-refractivity contribution in [2.45, 2.75) is 94.9 Å². The largest absolute Gasteiger partial charge is 0.0651 e. The second kappa shape index (κ2) is 7.93. The first kappa shape index (κ1) is 21.3. The van der Waals surface area contributed by atoms with Crippen LogP contribution in [-0.2, 0) is 0 Å². The van der Waals surface area contributed by atoms with Crippen LogP contribution in [0, 0.1) is 64.6 Å². The van der Waals surface area contributed by atoms with Crippen molar-refractivity contribution >= 4 is 0 Å². The van der Waals surface area contributed by atoms with Gasteiger partial charge in [0.2, 0.25) is 0 Å². The minimum absolute atomic E-state index is 0.679. The van der Waals surface area contributed by atoms with Crippen LogP contribution in [0.5, 0.6) is 0 Å². The third kappa shape index (κ3) is 4.47. The maximum atomic E-state index is 2.56. The summed E-state index contributed by atoms with van der Waals surface area (Å²) in [5.41, 5.74) is 0.679. The summed E-state index contributed by atoms with van der Waals surface area (Å²) in [6, 6.07) is 0. The molecule has 10 unspecified atom stereocenters. The molecular weight excluding hydrogens is 300 g/mol. The molecule has 0 saturated heterocycles. The zero-order valence-electron chi connectivity index (χ0n) is 19.1. The zero-order chi connectivity index (χ0) is 19.1. The molecule has 0 bridgehead atoms. The van der Waals surface area contributed by atoms with Crippen LogP contribution in [-0.4, -0.2) is 0 Å². The molecule has 0 radical (unpaired) electrons. The van der Waals surface area contributed by atoms with E-state index in [1.807, 2.05) is 0 Å². The van der Waals surface area contributed by atoms with Crippen molar-refractivity contribution in [1.82, 2.24) is 0 Å². The molecule has 2 fully saturated rings. The van der Waals surface area contributed by atoms with Gasteiger partial charge in [-0.05, 0) is 83.9 Å². The van der Waals surface area contributed by atoms with Crippen LogP contribution in [0.4, 0.5) is 0 Å². The first-order valence-corrected chi connectivity index (χ1v) is 11.5. The van der Waals surface area contributed by atoms with Gasteiger partial charge in [-0.15, -0.1) is 0 Å². The molecule has 0 N–H and O–H groups in total. The van der Waals surface area contributed by atoms with Crippen LogP contribution in [0.15, 0.2) is 0 Å². The van der Waals surface area contributed by atoms with Gasteiger partial charge in [-0.1, -0.05) is 75.7 Å². The summed E-state index contributed by atoms with van der Waals surface area (Å²) in [5, 5.41) is 0. The van der Waals surface area contributed by atoms with Gasteiger partial charge in [0.15, 0.2) is 0 Å². The van der Waals surface area contributed by atoms with Crippen LogP contribution >= 0.6 is 0 Å². The van der Waals surface area contributed by atoms with Crippen LogP contribution < -0.4 is 0 Å². The van der Waals surface area contributed by atoms with Crippen molar-refractivity contribution in [3.05, 3.63) is 0 Å². The Hall–Kier alpha value is 0. The van der Waals surface area contributed by atoms with E-state index >= 15 is 0 Å². The molecule has 2 rings (SSSR count). The van der Waals surface area contributed by atoms with E-state index in [4.69, 9.17) is 0 Å². The van der Waals surface area contributed by atoms with E-state index in [1.165, 1.54) is 25.7 Å². The number of rotatable bonds is 10. The highest BCUT2D eigenvalue weighted by Crippen LogP contribution is 2.65. The van der Waals surface area contributed by atoms with Gasteiger partial charge in [0.05, 0.1) is 0 Å². The third-order valence-corrected chi connectivity index (χ3v) is 9.49. The zero-order valence-corrected chi connectivity index (χ0v) is 19.1. The summed E-state index contributed by atoms with van der Waals surface area (Å²) >= 11 is 0. The lowest BCUT2D eigenvalue weighted by molar-refractivity contribution is 0.141. The first-order valence-electron chi connectivity index (χ1n) is 11.5. The van der Waals surface area contributed by atoms with Crippen molar-refractivity contribution in [1.29, 1.82) is 0 Å². The Labute approximate surface area is 159 Å². The van der Waals surface area contributed by atoms with Crippen LogP contribution in [0.3, 0.4) is 0 Å². The Morgan fingerprint density at radius 2 is 1.48 bits per heavy atom. The minimum atomic E-state index is 0.679. The predicted molar refractivity (Wildman–Crippen MR) is 113 cm³/mol. The highest BCUT2D eigenvalue weighted by Gasteiger charge is 2.57. The lowest BCUT2D eigenvalue weighted by Gasteiger charge is -2.35. The molecule has 148 valence electrons. The van der Waals surface area contributed by atoms with Gasteiger partial charge in [0.1, 0.15) is 0 Å². The maximum Gasteiger partial charge on any atom is -0.0269 e. The van der Waals surface area contributed by atoms with Crippen molar-refractivity contribution in [2.24, 2.45) is 64.6 Å². The Bertz CT molecular complexity index is 424. The Morgan fingerprint density at radius 1 is 0.920 bits per heavy atom. The Balaban J connectivity index is 1.83. The van der Waals surface area contributed by atoms with E-state index in [2.05, 4.69) is 69.2 Å². The molecule has 0 heteroatoms. The fourth-order valence-corrected chi connectivity index (χ4v) is 6.52. The van der Waals surface area contributed by atoms with Gasteiger partial charge in [-0.3, -0.25) is 0 Å². The van der Waals surface area contributed by atoms with Crippen molar-refractivity contribution in [3.8, 4) is 0 Å². The molecule has 0 aliphatic heterocycles. The second-order valence-corrected chi connectivity index (χ2v) is 11.2. The second-order valence-electron chi connectivity index (χ2n) is 11.2. The van der Waals surface area contributed by atoms with E-state index < -0.39 is 0 Å². The maximum absolute atomic E-state index is 2.56. The summed E-state index contributed by atoms with van der Waals surface area (Å²) in [5.74, 6) is 9.18. The van der Waals surface area contributed by atoms with Crippen LogP contribution in [0.25, 0.3) is 0 Å². The van der Waals surface area contributed by atoms with Crippen molar-refractivity contribution in [3.63, 3.8) is 0 Å². The summed E-state index contributed by atoms with van der Waals surface area (Å²) < 4.78 is 0. The quantitative estimate of drug-likeness (QED) is 0.376. The summed E-state index contributed by atoms with van der Waals surface area (Å²) in [4.78, 5) is 0. The van der Waals surface area contributed by atoms with Gasteiger partial charge < -0.3 is 0 Å². The minimum Gasteiger partial charge on any atom is -0.0651 e. The van der Waals surface area contributed by atoms with E-state index in [-0.39, 0.29) is 0 Å². The lowest BCUT2D eigenvalue weighted by atomic mass is 9.70. The van der Waals surface area contributed by atoms with E-state index in [0.717, 1.165) is 59.2 Å². The fraction of sp³-hybridized carbons (Fsp3) is 1.00. The number of hydrogen-bond acceptors (Lipinski definition) is 0. The lowest BCUT2D eigenvalue weighted by Crippen LogP contribution is -2.28. The highest BCUT2D eigenvalue weighted by atomic mass is 14.6. The first-order chi connectivity index (χ1) is 11.5. The monoisotopic (exact) mass is 348 g/mol. The average Bonchev–Trinajstić information content (AvgIpc) is 3.43. The molecule has 0 amide bonds. The molecule has 2 aliphatic carbocycles. The molecule has 2 saturated carbocycles. The molecule has 0 aromatic heterocycles. The third-order valence-electron chi connectivity index (χ3n) is 9.49. The van der Waals surface area contributed by atoms with Gasteiger partial charge in [0.25, 0.3) is 0 Å². The molecule has 0 spiro atoms. The average molecular weight is 349 g/mol. The molecule has 0 aromatic rings. The topological polar surface area (TPSA) is 0 Å². The van der Waals surface area contributed by atoms with Gasteiger partial charge >= 0.3 is 0 Å². The summed E-state index contributed by atoms with van der Waals surface area (Å²) in [6.07, 6.45) is 5.78. The van der Waals surface area contributed by atoms with Gasteiger partial charge in [-0.2, -0.15) is 0 Å². The Morgan fingerprint density at radius 3 is 1.92 bits per heavy atom. The van der Waals surface area contributed by atoms with Gasteiger partial charge in [0, 0.05) is 0 Å². The van der Waals surface area contributed by atoms with E-state index in [1.54, 1.807) is 0 Å². The molecule has 0 heterocycles. The standard InChI is InChI=1S/C25H48/c1-11-22(15(2)3)20(8)19(7)16(4)12-17(5)23-13-24(23)21(9)25(10)14-18(25)6/h15-24H,11-14H2,1-10H3. The molecular formula is C25H48. The molecule has 2 aliphatic rings. The van der Waals surface area contributed by atoms with E-state index in [9.17, 15) is 0 Å². The SMILES string of the molecule is CCC(C(C)C)C(C)C(C)C(C)CC(C)C1CC1C(C)C1(C)CC1C. The molecule has 25 heavy (non-hydrogen) atoms. The van der Waals surface area contributed by atoms with Crippen molar-refractivity contribution < 1.29 is 0 Å². The molecule has 0 nitrogen and oxygen atoms in total. The predicted octanol–water partition coefficient (Wildman–Crippen LogP) is 7.92. The Kier molecular flexibility index (Phi) is 6.76. The highest BCUT2D eigenvalue weighted by molar-refractivity contribution is 5.06. The van der Waals surface area contributed by atoms with Crippen LogP contribution in [0.1, 0.15) is 94.9 Å². The van der Waals surface area contributed by atoms with Gasteiger partial charge in [-0.25, -0.2) is 0 Å². The van der Waals surface area contributed by atoms with Crippen molar-refractivity contribution in [2.75, 3.05) is 0 Å². The van der Waals surface area contributed by atoms with Crippen LogP contribution in [0.2, 0.25) is 0 Å². The molecule has 0 aromatic carbocycles.